The van der Waals surface area contributed by atoms with Gasteiger partial charge in [-0.1, -0.05) is 0 Å². The van der Waals surface area contributed by atoms with E-state index in [2.05, 4.69) is 5.32 Å². The molecule has 25 heavy (non-hydrogen) atoms. The Bertz CT molecular complexity index is 607. The van der Waals surface area contributed by atoms with Gasteiger partial charge in [0, 0.05) is 12.0 Å². The summed E-state index contributed by atoms with van der Waals surface area (Å²) < 4.78 is 22.9. The number of halogens is 1. The highest BCUT2D eigenvalue weighted by Gasteiger charge is 2.26. The van der Waals surface area contributed by atoms with Crippen molar-refractivity contribution >= 4 is 17.8 Å². The summed E-state index contributed by atoms with van der Waals surface area (Å²) in [5, 5.41) is 2.43. The molecule has 1 N–H and O–H groups in total. The Morgan fingerprint density at radius 3 is 2.28 bits per heavy atom. The van der Waals surface area contributed by atoms with Crippen molar-refractivity contribution in [3.8, 4) is 0 Å². The second kappa shape index (κ2) is 9.15. The average Bonchev–Trinajstić information content (AvgIpc) is 2.50. The number of alkyl carbamates (subject to hydrolysis) is 1. The first-order valence-electron chi connectivity index (χ1n) is 8.07. The highest BCUT2D eigenvalue weighted by atomic mass is 19.1. The fourth-order valence-corrected chi connectivity index (χ4v) is 2.00. The summed E-state index contributed by atoms with van der Waals surface area (Å²) in [5.41, 5.74) is -0.381. The molecule has 0 saturated heterocycles. The maximum Gasteiger partial charge on any atom is 0.408 e. The standard InChI is InChI=1S/C18H24FNO5/c1-5-24-16(22)14(20-17(23)25-18(2,3)4)10-11-15(21)12-6-8-13(19)9-7-12/h6-9,14H,5,10-11H2,1-4H3,(H,20,23). The molecule has 1 atom stereocenters. The van der Waals surface area contributed by atoms with E-state index in [0.29, 0.717) is 5.56 Å². The second-order valence-electron chi connectivity index (χ2n) is 6.42. The van der Waals surface area contributed by atoms with Gasteiger partial charge in [0.25, 0.3) is 0 Å². The molecule has 0 spiro atoms. The predicted molar refractivity (Wildman–Crippen MR) is 89.8 cm³/mol. The maximum absolute atomic E-state index is 12.9. The zero-order valence-electron chi connectivity index (χ0n) is 14.9. The van der Waals surface area contributed by atoms with Crippen LogP contribution in [0.15, 0.2) is 24.3 Å². The summed E-state index contributed by atoms with van der Waals surface area (Å²) in [4.78, 5) is 36.0. The molecule has 0 radical (unpaired) electrons. The molecule has 0 aliphatic heterocycles. The van der Waals surface area contributed by atoms with Gasteiger partial charge in [0.15, 0.2) is 5.78 Å². The third-order valence-corrected chi connectivity index (χ3v) is 3.09. The number of ether oxygens (including phenoxy) is 2. The van der Waals surface area contributed by atoms with E-state index in [1.54, 1.807) is 27.7 Å². The quantitative estimate of drug-likeness (QED) is 0.601. The Kier molecular flexibility index (Phi) is 7.54. The van der Waals surface area contributed by atoms with E-state index in [9.17, 15) is 18.8 Å². The molecule has 0 bridgehead atoms. The molecule has 0 aliphatic carbocycles. The maximum atomic E-state index is 12.9. The molecule has 1 amide bonds. The summed E-state index contributed by atoms with van der Waals surface area (Å²) in [7, 11) is 0. The van der Waals surface area contributed by atoms with Crippen LogP contribution in [0.4, 0.5) is 9.18 Å². The number of ketones is 1. The molecule has 1 aromatic rings. The van der Waals surface area contributed by atoms with E-state index >= 15 is 0 Å². The molecule has 1 rings (SSSR count). The van der Waals surface area contributed by atoms with Gasteiger partial charge >= 0.3 is 12.1 Å². The minimum Gasteiger partial charge on any atom is -0.464 e. The number of esters is 1. The van der Waals surface area contributed by atoms with E-state index in [1.807, 2.05) is 0 Å². The van der Waals surface area contributed by atoms with E-state index < -0.39 is 29.5 Å². The van der Waals surface area contributed by atoms with Gasteiger partial charge in [-0.2, -0.15) is 0 Å². The van der Waals surface area contributed by atoms with Gasteiger partial charge in [0.05, 0.1) is 6.61 Å². The number of carbonyl (C=O) groups excluding carboxylic acids is 3. The van der Waals surface area contributed by atoms with E-state index in [4.69, 9.17) is 9.47 Å². The summed E-state index contributed by atoms with van der Waals surface area (Å²) in [5.74, 6) is -1.34. The molecule has 0 fully saturated rings. The lowest BCUT2D eigenvalue weighted by Gasteiger charge is -2.22. The minimum atomic E-state index is -1.00. The Morgan fingerprint density at radius 1 is 1.16 bits per heavy atom. The van der Waals surface area contributed by atoms with Crippen LogP contribution in [0, 0.1) is 5.82 Å². The van der Waals surface area contributed by atoms with Crippen LogP contribution in [0.1, 0.15) is 50.9 Å². The molecule has 0 saturated carbocycles. The van der Waals surface area contributed by atoms with Crippen LogP contribution in [0.3, 0.4) is 0 Å². The lowest BCUT2D eigenvalue weighted by molar-refractivity contribution is -0.145. The first kappa shape index (κ1) is 20.6. The fourth-order valence-electron chi connectivity index (χ4n) is 2.00. The monoisotopic (exact) mass is 353 g/mol. The molecule has 7 heteroatoms. The predicted octanol–water partition coefficient (Wildman–Crippen LogP) is 3.25. The van der Waals surface area contributed by atoms with Gasteiger partial charge < -0.3 is 14.8 Å². The van der Waals surface area contributed by atoms with Gasteiger partial charge in [-0.15, -0.1) is 0 Å². The van der Waals surface area contributed by atoms with Crippen molar-refractivity contribution in [1.82, 2.24) is 5.32 Å². The largest absolute Gasteiger partial charge is 0.464 e. The summed E-state index contributed by atoms with van der Waals surface area (Å²) >= 11 is 0. The van der Waals surface area contributed by atoms with Gasteiger partial charge in [-0.25, -0.2) is 14.0 Å². The summed E-state index contributed by atoms with van der Waals surface area (Å²) in [6, 6.07) is 4.12. The second-order valence-corrected chi connectivity index (χ2v) is 6.42. The Labute approximate surface area is 146 Å². The van der Waals surface area contributed by atoms with Gasteiger partial charge in [-0.3, -0.25) is 4.79 Å². The topological polar surface area (TPSA) is 81.7 Å². The number of hydrogen-bond donors (Lipinski definition) is 1. The van der Waals surface area contributed by atoms with Crippen molar-refractivity contribution < 1.29 is 28.2 Å². The zero-order chi connectivity index (χ0) is 19.0. The van der Waals surface area contributed by atoms with Crippen molar-refractivity contribution in [2.75, 3.05) is 6.61 Å². The summed E-state index contributed by atoms with van der Waals surface area (Å²) in [6.07, 6.45) is -0.723. The van der Waals surface area contributed by atoms with Crippen molar-refractivity contribution in [2.24, 2.45) is 0 Å². The first-order valence-corrected chi connectivity index (χ1v) is 8.07. The number of benzene rings is 1. The summed E-state index contributed by atoms with van der Waals surface area (Å²) in [6.45, 7) is 6.89. The number of carbonyl (C=O) groups is 3. The highest BCUT2D eigenvalue weighted by Crippen LogP contribution is 2.11. The number of hydrogen-bond acceptors (Lipinski definition) is 5. The third-order valence-electron chi connectivity index (χ3n) is 3.09. The SMILES string of the molecule is CCOC(=O)C(CCC(=O)c1ccc(F)cc1)NC(=O)OC(C)(C)C. The van der Waals surface area contributed by atoms with E-state index in [0.717, 1.165) is 0 Å². The first-order chi connectivity index (χ1) is 11.6. The van der Waals surface area contributed by atoms with Gasteiger partial charge in [0.1, 0.15) is 17.5 Å². The molecule has 6 nitrogen and oxygen atoms in total. The van der Waals surface area contributed by atoms with Crippen LogP contribution in [-0.2, 0) is 14.3 Å². The fraction of sp³-hybridized carbons (Fsp3) is 0.500. The van der Waals surface area contributed by atoms with Crippen LogP contribution in [0.2, 0.25) is 0 Å². The zero-order valence-corrected chi connectivity index (χ0v) is 14.9. The molecule has 138 valence electrons. The molecule has 0 aliphatic rings. The number of rotatable bonds is 7. The van der Waals surface area contributed by atoms with Crippen LogP contribution in [-0.4, -0.2) is 36.1 Å². The van der Waals surface area contributed by atoms with Crippen LogP contribution < -0.4 is 5.32 Å². The number of amides is 1. The lowest BCUT2D eigenvalue weighted by atomic mass is 10.0. The Hall–Kier alpha value is -2.44. The van der Waals surface area contributed by atoms with Gasteiger partial charge in [-0.05, 0) is 58.4 Å². The Balaban J connectivity index is 2.70. The lowest BCUT2D eigenvalue weighted by Crippen LogP contribution is -2.44. The Morgan fingerprint density at radius 2 is 1.76 bits per heavy atom. The normalized spacial score (nSPS) is 12.2. The van der Waals surface area contributed by atoms with Crippen LogP contribution in [0.5, 0.6) is 0 Å². The van der Waals surface area contributed by atoms with Crippen molar-refractivity contribution in [2.45, 2.75) is 52.2 Å². The molecule has 0 heterocycles. The highest BCUT2D eigenvalue weighted by molar-refractivity contribution is 5.96. The van der Waals surface area contributed by atoms with Crippen molar-refractivity contribution in [1.29, 1.82) is 0 Å². The van der Waals surface area contributed by atoms with Crippen LogP contribution >= 0.6 is 0 Å². The average molecular weight is 353 g/mol. The van der Waals surface area contributed by atoms with Gasteiger partial charge in [0.2, 0.25) is 0 Å². The van der Waals surface area contributed by atoms with E-state index in [1.165, 1.54) is 24.3 Å². The third kappa shape index (κ3) is 7.78. The molecule has 1 unspecified atom stereocenters. The van der Waals surface area contributed by atoms with Crippen molar-refractivity contribution in [3.05, 3.63) is 35.6 Å². The molecular formula is C18H24FNO5. The minimum absolute atomic E-state index is 0.00902. The molecule has 0 aromatic heterocycles. The van der Waals surface area contributed by atoms with Crippen molar-refractivity contribution in [3.63, 3.8) is 0 Å². The smallest absolute Gasteiger partial charge is 0.408 e. The number of Topliss-reactive ketones (excluding diaryl/α,β-unsaturated/α-hetero) is 1. The van der Waals surface area contributed by atoms with Crippen LogP contribution in [0.25, 0.3) is 0 Å². The number of nitrogens with one attached hydrogen (secondary N) is 1. The molecular weight excluding hydrogens is 329 g/mol. The van der Waals surface area contributed by atoms with E-state index in [-0.39, 0.29) is 25.2 Å². The molecule has 1 aromatic carbocycles.